The Morgan fingerprint density at radius 1 is 0.936 bits per heavy atom. The van der Waals surface area contributed by atoms with Gasteiger partial charge in [0.1, 0.15) is 11.5 Å². The van der Waals surface area contributed by atoms with Crippen molar-refractivity contribution in [1.29, 1.82) is 0 Å². The average Bonchev–Trinajstić information content (AvgIpc) is 2.98. The van der Waals surface area contributed by atoms with E-state index in [0.717, 1.165) is 48.0 Å². The highest BCUT2D eigenvalue weighted by atomic mass is 19.4. The topological polar surface area (TPSA) is 126 Å². The van der Waals surface area contributed by atoms with Crippen molar-refractivity contribution >= 4 is 23.5 Å². The molecule has 14 heteroatoms. The van der Waals surface area contributed by atoms with Crippen molar-refractivity contribution in [2.75, 3.05) is 64.7 Å². The molecule has 0 aliphatic carbocycles. The van der Waals surface area contributed by atoms with E-state index >= 15 is 0 Å². The molecule has 11 nitrogen and oxygen atoms in total. The van der Waals surface area contributed by atoms with Crippen LogP contribution in [0.2, 0.25) is 0 Å². The van der Waals surface area contributed by atoms with Crippen LogP contribution in [0.3, 0.4) is 0 Å². The maximum absolute atomic E-state index is 13.3. The molecule has 2 aliphatic heterocycles. The molecule has 0 spiro atoms. The fourth-order valence-corrected chi connectivity index (χ4v) is 5.25. The van der Waals surface area contributed by atoms with Gasteiger partial charge in [0.2, 0.25) is 11.9 Å². The number of quaternary nitrogens is 1. The molecule has 0 radical (unpaired) electrons. The first-order valence-electron chi connectivity index (χ1n) is 15.6. The van der Waals surface area contributed by atoms with E-state index in [9.17, 15) is 18.3 Å². The Morgan fingerprint density at radius 2 is 1.62 bits per heavy atom. The lowest BCUT2D eigenvalue weighted by Gasteiger charge is -2.33. The third-order valence-electron chi connectivity index (χ3n) is 6.94. The number of anilines is 3. The second-order valence-corrected chi connectivity index (χ2v) is 13.3. The maximum Gasteiger partial charge on any atom is 0.422 e. The van der Waals surface area contributed by atoms with Crippen molar-refractivity contribution in [3.8, 4) is 17.5 Å². The maximum atomic E-state index is 13.3. The highest BCUT2D eigenvalue weighted by Crippen LogP contribution is 2.28. The van der Waals surface area contributed by atoms with Gasteiger partial charge in [-0.1, -0.05) is 26.0 Å². The molecule has 5 rings (SSSR count). The average molecular weight is 660 g/mol. The molecule has 0 saturated carbocycles. The van der Waals surface area contributed by atoms with Gasteiger partial charge in [-0.25, -0.2) is 0 Å². The summed E-state index contributed by atoms with van der Waals surface area (Å²) in [4.78, 5) is 16.8. The van der Waals surface area contributed by atoms with Gasteiger partial charge in [-0.15, -0.1) is 0 Å². The van der Waals surface area contributed by atoms with Crippen molar-refractivity contribution in [2.45, 2.75) is 52.3 Å². The molecular weight excluding hydrogens is 615 g/mol. The molecule has 1 aromatic heterocycles. The zero-order valence-electron chi connectivity index (χ0n) is 27.6. The molecule has 0 unspecified atom stereocenters. The summed E-state index contributed by atoms with van der Waals surface area (Å²) in [6.45, 7) is 4.98. The SMILES string of the molecule is CC(C)(CN=C([O-])c1ccc2cc1OCCCCCCOc1ccc(cc1)CNc1nc(nc(OCC(F)(F)F)n1)N2)C[N+](C)(C)C. The first kappa shape index (κ1) is 35.5. The van der Waals surface area contributed by atoms with Crippen LogP contribution in [-0.4, -0.2) is 85.6 Å². The van der Waals surface area contributed by atoms with Crippen LogP contribution in [0.25, 0.3) is 0 Å². The van der Waals surface area contributed by atoms with Crippen LogP contribution in [0.4, 0.5) is 30.8 Å². The first-order valence-corrected chi connectivity index (χ1v) is 15.6. The zero-order chi connectivity index (χ0) is 34.1. The Bertz CT molecular complexity index is 1490. The largest absolute Gasteiger partial charge is 0.858 e. The quantitative estimate of drug-likeness (QED) is 0.196. The van der Waals surface area contributed by atoms with Gasteiger partial charge in [0.05, 0.1) is 40.9 Å². The van der Waals surface area contributed by atoms with E-state index in [-0.39, 0.29) is 23.9 Å². The molecule has 0 amide bonds. The third kappa shape index (κ3) is 12.4. The molecule has 47 heavy (non-hydrogen) atoms. The summed E-state index contributed by atoms with van der Waals surface area (Å²) in [5.41, 5.74) is 1.42. The summed E-state index contributed by atoms with van der Waals surface area (Å²) in [6.07, 6.45) is -1.08. The predicted octanol–water partition coefficient (Wildman–Crippen LogP) is 5.34. The molecule has 2 aliphatic rings. The van der Waals surface area contributed by atoms with Gasteiger partial charge in [-0.3, -0.25) is 4.99 Å². The highest BCUT2D eigenvalue weighted by Gasteiger charge is 2.29. The Morgan fingerprint density at radius 3 is 2.30 bits per heavy atom. The Balaban J connectivity index is 1.63. The van der Waals surface area contributed by atoms with Gasteiger partial charge in [0.15, 0.2) is 6.61 Å². The minimum atomic E-state index is -4.58. The molecule has 2 N–H and O–H groups in total. The second-order valence-electron chi connectivity index (χ2n) is 13.3. The summed E-state index contributed by atoms with van der Waals surface area (Å²) >= 11 is 0. The Kier molecular flexibility index (Phi) is 11.7. The standard InChI is InChI=1S/C33H44F3N7O4/c1-32(2,21-43(3,4)5)20-38-28(44)26-15-12-24-18-27(26)46-17-9-7-6-8-16-45-25-13-10-23(11-14-25)19-37-29-40-30(39-24)42-31(41-29)47-22-33(34,35)36/h10-15,18H,6-9,16-17,19-22H2,1-5H3,(H2-,37,38,39,40,41,42,44). The fraction of sp³-hybridized carbons (Fsp3) is 0.515. The summed E-state index contributed by atoms with van der Waals surface area (Å²) in [5.74, 6) is 0.602. The monoisotopic (exact) mass is 659 g/mol. The van der Waals surface area contributed by atoms with Crippen LogP contribution in [0.5, 0.6) is 17.5 Å². The minimum absolute atomic E-state index is 0.00413. The molecule has 0 saturated heterocycles. The summed E-state index contributed by atoms with van der Waals surface area (Å²) in [6, 6.07) is 11.8. The van der Waals surface area contributed by atoms with Gasteiger partial charge >= 0.3 is 12.2 Å². The fourth-order valence-electron chi connectivity index (χ4n) is 5.25. The van der Waals surface area contributed by atoms with Crippen molar-refractivity contribution in [3.63, 3.8) is 0 Å². The number of alkyl halides is 3. The van der Waals surface area contributed by atoms with Crippen molar-refractivity contribution in [3.05, 3.63) is 53.6 Å². The van der Waals surface area contributed by atoms with Gasteiger partial charge in [0.25, 0.3) is 0 Å². The summed E-state index contributed by atoms with van der Waals surface area (Å²) in [7, 11) is 6.29. The predicted molar refractivity (Wildman–Crippen MR) is 172 cm³/mol. The van der Waals surface area contributed by atoms with E-state index in [1.807, 2.05) is 24.3 Å². The Hall–Kier alpha value is -4.33. The second kappa shape index (κ2) is 15.5. The van der Waals surface area contributed by atoms with Gasteiger partial charge in [-0.05, 0) is 61.4 Å². The number of aromatic nitrogens is 3. The molecule has 6 bridgehead atoms. The van der Waals surface area contributed by atoms with E-state index in [1.165, 1.54) is 0 Å². The Labute approximate surface area is 273 Å². The molecule has 2 aromatic carbocycles. The van der Waals surface area contributed by atoms with Crippen LogP contribution in [-0.2, 0) is 6.54 Å². The zero-order valence-corrected chi connectivity index (χ0v) is 27.6. The minimum Gasteiger partial charge on any atom is -0.858 e. The molecule has 3 aromatic rings. The van der Waals surface area contributed by atoms with Gasteiger partial charge < -0.3 is 34.4 Å². The smallest absolute Gasteiger partial charge is 0.422 e. The summed E-state index contributed by atoms with van der Waals surface area (Å²) < 4.78 is 56.3. The molecule has 3 heterocycles. The lowest BCUT2D eigenvalue weighted by molar-refractivity contribution is -0.876. The first-order chi connectivity index (χ1) is 22.1. The molecule has 0 atom stereocenters. The van der Waals surface area contributed by atoms with E-state index in [2.05, 4.69) is 65.6 Å². The molecule has 256 valence electrons. The number of nitrogens with one attached hydrogen (secondary N) is 2. The lowest BCUT2D eigenvalue weighted by Crippen LogP contribution is -2.44. The van der Waals surface area contributed by atoms with E-state index in [0.29, 0.717) is 36.8 Å². The lowest BCUT2D eigenvalue weighted by atomic mass is 9.92. The van der Waals surface area contributed by atoms with E-state index in [4.69, 9.17) is 14.2 Å². The van der Waals surface area contributed by atoms with Crippen LogP contribution in [0.1, 0.15) is 50.7 Å². The number of benzene rings is 2. The number of hydrogen-bond acceptors (Lipinski definition) is 10. The van der Waals surface area contributed by atoms with Crippen LogP contribution in [0.15, 0.2) is 47.5 Å². The molecule has 0 fully saturated rings. The number of nitrogens with zero attached hydrogens (tertiary/aromatic N) is 5. The van der Waals surface area contributed by atoms with E-state index < -0.39 is 24.7 Å². The van der Waals surface area contributed by atoms with E-state index in [1.54, 1.807) is 18.2 Å². The number of aliphatic imine (C=N–C) groups is 1. The van der Waals surface area contributed by atoms with Crippen LogP contribution >= 0.6 is 0 Å². The van der Waals surface area contributed by atoms with Crippen molar-refractivity contribution in [2.24, 2.45) is 10.4 Å². The van der Waals surface area contributed by atoms with Crippen LogP contribution in [0, 0.1) is 5.41 Å². The molecular formula is C33H44F3N7O4. The number of rotatable bonds is 7. The normalized spacial score (nSPS) is 15.4. The highest BCUT2D eigenvalue weighted by molar-refractivity contribution is 5.94. The third-order valence-corrected chi connectivity index (χ3v) is 6.94. The summed E-state index contributed by atoms with van der Waals surface area (Å²) in [5, 5.41) is 19.3. The van der Waals surface area contributed by atoms with Crippen molar-refractivity contribution < 1.29 is 37.0 Å². The number of hydrogen-bond donors (Lipinski definition) is 2. The van der Waals surface area contributed by atoms with Gasteiger partial charge in [-0.2, -0.15) is 28.1 Å². The van der Waals surface area contributed by atoms with Crippen LogP contribution < -0.4 is 30.0 Å². The van der Waals surface area contributed by atoms with Gasteiger partial charge in [0, 0.05) is 35.8 Å². The number of halogens is 3. The number of fused-ring (bicyclic) bond motifs is 10. The van der Waals surface area contributed by atoms with Crippen molar-refractivity contribution in [1.82, 2.24) is 15.0 Å². The number of ether oxygens (including phenoxy) is 3.